The summed E-state index contributed by atoms with van der Waals surface area (Å²) < 4.78 is 12.0. The number of benzene rings is 2. The van der Waals surface area contributed by atoms with E-state index in [2.05, 4.69) is 32.9 Å². The molecule has 30 heavy (non-hydrogen) atoms. The second-order valence-electron chi connectivity index (χ2n) is 6.92. The van der Waals surface area contributed by atoms with Gasteiger partial charge in [0.2, 0.25) is 6.10 Å². The number of aromatic nitrogens is 1. The van der Waals surface area contributed by atoms with Crippen LogP contribution in [-0.2, 0) is 14.3 Å². The van der Waals surface area contributed by atoms with E-state index in [0.717, 1.165) is 21.8 Å². The molecule has 1 aromatic heterocycles. The van der Waals surface area contributed by atoms with E-state index in [9.17, 15) is 9.59 Å². The molecule has 1 heterocycles. The van der Waals surface area contributed by atoms with E-state index in [0.29, 0.717) is 21.9 Å². The first-order valence-corrected chi connectivity index (χ1v) is 10.9. The Balaban J connectivity index is 1.49. The molecule has 0 radical (unpaired) electrons. The Kier molecular flexibility index (Phi) is 6.38. The van der Waals surface area contributed by atoms with Crippen LogP contribution in [0.3, 0.4) is 0 Å². The molecule has 1 saturated carbocycles. The zero-order valence-corrected chi connectivity index (χ0v) is 18.7. The maximum absolute atomic E-state index is 12.6. The van der Waals surface area contributed by atoms with Crippen molar-refractivity contribution in [1.29, 1.82) is 0 Å². The van der Waals surface area contributed by atoms with Crippen LogP contribution in [0.5, 0.6) is 5.75 Å². The normalized spacial score (nSPS) is 14.2. The number of rotatable bonds is 7. The van der Waals surface area contributed by atoms with Gasteiger partial charge in [0.05, 0.1) is 8.59 Å². The van der Waals surface area contributed by atoms with Crippen LogP contribution in [0, 0.1) is 3.57 Å². The van der Waals surface area contributed by atoms with Gasteiger partial charge in [-0.15, -0.1) is 0 Å². The van der Waals surface area contributed by atoms with Gasteiger partial charge in [-0.2, -0.15) is 0 Å². The van der Waals surface area contributed by atoms with E-state index in [1.54, 1.807) is 42.6 Å². The molecule has 1 amide bonds. The minimum Gasteiger partial charge on any atom is -0.478 e. The van der Waals surface area contributed by atoms with Crippen LogP contribution >= 0.6 is 34.2 Å². The van der Waals surface area contributed by atoms with Gasteiger partial charge in [-0.3, -0.25) is 9.78 Å². The molecule has 0 saturated heterocycles. The molecule has 6 nitrogen and oxygen atoms in total. The molecule has 1 atom stereocenters. The van der Waals surface area contributed by atoms with Crippen LogP contribution in [-0.4, -0.2) is 29.5 Å². The van der Waals surface area contributed by atoms with Gasteiger partial charge in [-0.25, -0.2) is 4.79 Å². The highest BCUT2D eigenvalue weighted by molar-refractivity contribution is 14.1. The van der Waals surface area contributed by atoms with Crippen LogP contribution in [0.4, 0.5) is 0 Å². The van der Waals surface area contributed by atoms with Crippen LogP contribution in [0.1, 0.15) is 24.5 Å². The number of hydrogen-bond donors (Lipinski definition) is 1. The van der Waals surface area contributed by atoms with Gasteiger partial charge in [-0.05, 0) is 53.6 Å². The fourth-order valence-corrected chi connectivity index (χ4v) is 4.15. The van der Waals surface area contributed by atoms with Crippen molar-refractivity contribution in [2.45, 2.75) is 25.0 Å². The number of nitrogens with zero attached hydrogens (tertiary/aromatic N) is 1. The van der Waals surface area contributed by atoms with Crippen LogP contribution < -0.4 is 10.1 Å². The average molecular weight is 537 g/mol. The molecule has 0 bridgehead atoms. The maximum atomic E-state index is 12.6. The van der Waals surface area contributed by atoms with Crippen molar-refractivity contribution in [3.05, 3.63) is 68.9 Å². The van der Waals surface area contributed by atoms with E-state index in [1.807, 2.05) is 12.1 Å². The number of esters is 1. The number of amides is 1. The highest BCUT2D eigenvalue weighted by atomic mass is 127. The van der Waals surface area contributed by atoms with Gasteiger partial charge >= 0.3 is 5.97 Å². The first-order valence-electron chi connectivity index (χ1n) is 9.43. The number of hydrogen-bond acceptors (Lipinski definition) is 5. The lowest BCUT2D eigenvalue weighted by Gasteiger charge is -2.18. The molecule has 1 aliphatic rings. The van der Waals surface area contributed by atoms with Crippen molar-refractivity contribution in [2.24, 2.45) is 0 Å². The van der Waals surface area contributed by atoms with E-state index >= 15 is 0 Å². The minimum atomic E-state index is -1.03. The first kappa shape index (κ1) is 20.9. The smallest absolute Gasteiger partial charge is 0.345 e. The van der Waals surface area contributed by atoms with Crippen LogP contribution in [0.25, 0.3) is 10.9 Å². The Bertz CT molecular complexity index is 1090. The fourth-order valence-electron chi connectivity index (χ4n) is 2.99. The molecule has 0 aliphatic heterocycles. The van der Waals surface area contributed by atoms with E-state index in [-0.39, 0.29) is 18.6 Å². The number of nitrogens with one attached hydrogen (secondary N) is 1. The number of carbonyl (C=O) groups excluding carboxylic acids is 2. The summed E-state index contributed by atoms with van der Waals surface area (Å²) in [5.74, 6) is -0.527. The Morgan fingerprint density at radius 3 is 2.70 bits per heavy atom. The Hall–Kier alpha value is -2.39. The van der Waals surface area contributed by atoms with E-state index in [1.165, 1.54) is 0 Å². The maximum Gasteiger partial charge on any atom is 0.345 e. The summed E-state index contributed by atoms with van der Waals surface area (Å²) in [6.07, 6.45) is 2.49. The van der Waals surface area contributed by atoms with Crippen molar-refractivity contribution >= 4 is 57.0 Å². The first-order chi connectivity index (χ1) is 14.5. The van der Waals surface area contributed by atoms with Gasteiger partial charge < -0.3 is 14.8 Å². The molecule has 1 unspecified atom stereocenters. The summed E-state index contributed by atoms with van der Waals surface area (Å²) in [6.45, 7) is -0.358. The topological polar surface area (TPSA) is 77.5 Å². The van der Waals surface area contributed by atoms with Crippen molar-refractivity contribution in [2.75, 3.05) is 6.61 Å². The Labute approximate surface area is 192 Å². The number of carbonyl (C=O) groups is 2. The zero-order chi connectivity index (χ0) is 21.1. The molecule has 3 aromatic rings. The third kappa shape index (κ3) is 4.84. The van der Waals surface area contributed by atoms with Crippen LogP contribution in [0.2, 0.25) is 5.02 Å². The SMILES string of the molecule is O=C(COc1c(I)cc(Cl)c2cccnc12)OC(C(=O)NC1CC1)c1ccccc1. The minimum absolute atomic E-state index is 0.159. The predicted octanol–water partition coefficient (Wildman–Crippen LogP) is 4.43. The quantitative estimate of drug-likeness (QED) is 0.357. The van der Waals surface area contributed by atoms with Crippen molar-refractivity contribution in [3.8, 4) is 5.75 Å². The van der Waals surface area contributed by atoms with Gasteiger partial charge in [0.15, 0.2) is 12.4 Å². The second kappa shape index (κ2) is 9.18. The highest BCUT2D eigenvalue weighted by Crippen LogP contribution is 2.34. The van der Waals surface area contributed by atoms with Gasteiger partial charge in [0, 0.05) is 23.2 Å². The average Bonchev–Trinajstić information content (AvgIpc) is 3.56. The summed E-state index contributed by atoms with van der Waals surface area (Å²) >= 11 is 8.36. The van der Waals surface area contributed by atoms with E-state index in [4.69, 9.17) is 21.1 Å². The number of pyridine rings is 1. The van der Waals surface area contributed by atoms with Crippen molar-refractivity contribution < 1.29 is 19.1 Å². The third-order valence-electron chi connectivity index (χ3n) is 4.60. The molecule has 4 rings (SSSR count). The second-order valence-corrected chi connectivity index (χ2v) is 8.49. The molecule has 154 valence electrons. The summed E-state index contributed by atoms with van der Waals surface area (Å²) in [6, 6.07) is 14.5. The lowest BCUT2D eigenvalue weighted by Crippen LogP contribution is -2.34. The summed E-state index contributed by atoms with van der Waals surface area (Å²) in [4.78, 5) is 29.5. The lowest BCUT2D eigenvalue weighted by molar-refractivity contribution is -0.158. The molecule has 0 spiro atoms. The van der Waals surface area contributed by atoms with Crippen LogP contribution in [0.15, 0.2) is 54.7 Å². The Morgan fingerprint density at radius 2 is 1.97 bits per heavy atom. The zero-order valence-electron chi connectivity index (χ0n) is 15.8. The number of fused-ring (bicyclic) bond motifs is 1. The lowest BCUT2D eigenvalue weighted by atomic mass is 10.1. The monoisotopic (exact) mass is 536 g/mol. The number of halogens is 2. The number of ether oxygens (including phenoxy) is 2. The highest BCUT2D eigenvalue weighted by Gasteiger charge is 2.31. The molecule has 8 heteroatoms. The molecular formula is C22H18ClIN2O4. The summed E-state index contributed by atoms with van der Waals surface area (Å²) in [7, 11) is 0. The summed E-state index contributed by atoms with van der Waals surface area (Å²) in [5, 5.41) is 4.17. The molecule has 2 aromatic carbocycles. The van der Waals surface area contributed by atoms with Gasteiger partial charge in [0.25, 0.3) is 5.91 Å². The third-order valence-corrected chi connectivity index (χ3v) is 5.71. The molecule has 1 fully saturated rings. The predicted molar refractivity (Wildman–Crippen MR) is 121 cm³/mol. The van der Waals surface area contributed by atoms with Gasteiger partial charge in [0.1, 0.15) is 5.52 Å². The van der Waals surface area contributed by atoms with Crippen molar-refractivity contribution in [3.63, 3.8) is 0 Å². The molecule has 1 N–H and O–H groups in total. The summed E-state index contributed by atoms with van der Waals surface area (Å²) in [5.41, 5.74) is 1.17. The van der Waals surface area contributed by atoms with E-state index < -0.39 is 12.1 Å². The van der Waals surface area contributed by atoms with Crippen molar-refractivity contribution in [1.82, 2.24) is 10.3 Å². The molecular weight excluding hydrogens is 519 g/mol. The Morgan fingerprint density at radius 1 is 1.20 bits per heavy atom. The molecule has 1 aliphatic carbocycles. The standard InChI is InChI=1S/C22H18ClIN2O4/c23-16-11-17(24)21(19-15(16)7-4-10-25-19)29-12-18(27)30-20(13-5-2-1-3-6-13)22(28)26-14-8-9-14/h1-7,10-11,14,20H,8-9,12H2,(H,26,28). The van der Waals surface area contributed by atoms with Gasteiger partial charge in [-0.1, -0.05) is 41.9 Å². The largest absolute Gasteiger partial charge is 0.478 e. The fraction of sp³-hybridized carbons (Fsp3) is 0.227.